The molecule has 25 heavy (non-hydrogen) atoms. The second-order valence-corrected chi connectivity index (χ2v) is 5.88. The summed E-state index contributed by atoms with van der Waals surface area (Å²) >= 11 is 5.79. The third kappa shape index (κ3) is 4.22. The molecule has 7 heteroatoms. The predicted octanol–water partition coefficient (Wildman–Crippen LogP) is 3.05. The van der Waals surface area contributed by atoms with Crippen molar-refractivity contribution in [2.45, 2.75) is 19.1 Å². The van der Waals surface area contributed by atoms with E-state index in [0.717, 1.165) is 0 Å². The minimum Gasteiger partial charge on any atom is -0.485 e. The Bertz CT molecular complexity index is 777. The number of nitrogens with one attached hydrogen (secondary N) is 1. The largest absolute Gasteiger partial charge is 0.485 e. The Kier molecular flexibility index (Phi) is 5.09. The quantitative estimate of drug-likeness (QED) is 0.847. The number of ether oxygens (including phenoxy) is 3. The summed E-state index contributed by atoms with van der Waals surface area (Å²) in [6.07, 6.45) is -1.90. The second kappa shape index (κ2) is 7.44. The Labute approximate surface area is 149 Å². The first-order valence-corrected chi connectivity index (χ1v) is 8.06. The van der Waals surface area contributed by atoms with E-state index in [1.54, 1.807) is 42.5 Å². The second-order valence-electron chi connectivity index (χ2n) is 5.44. The van der Waals surface area contributed by atoms with Gasteiger partial charge in [-0.05, 0) is 43.3 Å². The van der Waals surface area contributed by atoms with Crippen LogP contribution >= 0.6 is 11.6 Å². The lowest BCUT2D eigenvalue weighted by Gasteiger charge is -2.25. The molecule has 0 saturated carbocycles. The number of carbonyl (C=O) groups is 2. The Morgan fingerprint density at radius 3 is 2.56 bits per heavy atom. The van der Waals surface area contributed by atoms with E-state index in [-0.39, 0.29) is 6.61 Å². The lowest BCUT2D eigenvalue weighted by Crippen LogP contribution is -2.41. The molecule has 1 heterocycles. The highest BCUT2D eigenvalue weighted by atomic mass is 35.5. The van der Waals surface area contributed by atoms with E-state index < -0.39 is 24.1 Å². The van der Waals surface area contributed by atoms with Gasteiger partial charge in [-0.2, -0.15) is 0 Å². The minimum absolute atomic E-state index is 0.0291. The number of rotatable bonds is 4. The van der Waals surface area contributed by atoms with E-state index in [2.05, 4.69) is 5.32 Å². The van der Waals surface area contributed by atoms with Gasteiger partial charge in [0.15, 0.2) is 17.6 Å². The average Bonchev–Trinajstić information content (AvgIpc) is 2.63. The number of fused-ring (bicyclic) bond motifs is 1. The van der Waals surface area contributed by atoms with Crippen LogP contribution in [0.2, 0.25) is 5.02 Å². The van der Waals surface area contributed by atoms with Crippen LogP contribution in [0.4, 0.5) is 5.69 Å². The Hall–Kier alpha value is -2.73. The van der Waals surface area contributed by atoms with Crippen LogP contribution in [-0.4, -0.2) is 30.7 Å². The zero-order valence-electron chi connectivity index (χ0n) is 13.4. The molecule has 0 aromatic heterocycles. The average molecular weight is 362 g/mol. The lowest BCUT2D eigenvalue weighted by atomic mass is 10.2. The van der Waals surface area contributed by atoms with Crippen LogP contribution in [0, 0.1) is 0 Å². The summed E-state index contributed by atoms with van der Waals surface area (Å²) in [4.78, 5) is 24.3. The molecule has 0 bridgehead atoms. The molecule has 0 saturated heterocycles. The number of para-hydroxylation sites is 2. The van der Waals surface area contributed by atoms with Crippen LogP contribution in [0.1, 0.15) is 6.92 Å². The molecule has 0 fully saturated rings. The molecule has 1 N–H and O–H groups in total. The molecule has 0 unspecified atom stereocenters. The van der Waals surface area contributed by atoms with E-state index in [1.807, 2.05) is 6.07 Å². The maximum atomic E-state index is 12.2. The normalized spacial score (nSPS) is 16.6. The van der Waals surface area contributed by atoms with E-state index in [4.69, 9.17) is 25.8 Å². The molecule has 1 amide bonds. The van der Waals surface area contributed by atoms with Gasteiger partial charge in [0, 0.05) is 10.7 Å². The van der Waals surface area contributed by atoms with Gasteiger partial charge < -0.3 is 19.5 Å². The number of anilines is 1. The fourth-order valence-corrected chi connectivity index (χ4v) is 2.34. The Morgan fingerprint density at radius 2 is 1.84 bits per heavy atom. The molecule has 1 aliphatic heterocycles. The van der Waals surface area contributed by atoms with Crippen molar-refractivity contribution in [3.8, 4) is 11.5 Å². The number of halogens is 1. The molecule has 2 aromatic rings. The third-order valence-electron chi connectivity index (χ3n) is 3.55. The maximum Gasteiger partial charge on any atom is 0.351 e. The molecule has 3 rings (SSSR count). The van der Waals surface area contributed by atoms with Gasteiger partial charge in [0.2, 0.25) is 6.10 Å². The van der Waals surface area contributed by atoms with E-state index in [0.29, 0.717) is 22.2 Å². The minimum atomic E-state index is -0.982. The highest BCUT2D eigenvalue weighted by Gasteiger charge is 2.31. The van der Waals surface area contributed by atoms with E-state index in [1.165, 1.54) is 6.92 Å². The molecule has 130 valence electrons. The SMILES string of the molecule is C[C@H](OC(=O)[C@H]1COc2ccccc2O1)C(=O)Nc1ccc(Cl)cc1. The lowest BCUT2D eigenvalue weighted by molar-refractivity contribution is -0.162. The molecular weight excluding hydrogens is 346 g/mol. The molecule has 0 aliphatic carbocycles. The zero-order valence-corrected chi connectivity index (χ0v) is 14.2. The van der Waals surface area contributed by atoms with Gasteiger partial charge in [-0.15, -0.1) is 0 Å². The number of hydrogen-bond acceptors (Lipinski definition) is 5. The summed E-state index contributed by atoms with van der Waals surface area (Å²) in [7, 11) is 0. The zero-order chi connectivity index (χ0) is 17.8. The summed E-state index contributed by atoms with van der Waals surface area (Å²) in [5.41, 5.74) is 0.559. The number of benzene rings is 2. The van der Waals surface area contributed by atoms with Crippen molar-refractivity contribution < 1.29 is 23.8 Å². The van der Waals surface area contributed by atoms with E-state index >= 15 is 0 Å². The third-order valence-corrected chi connectivity index (χ3v) is 3.80. The number of amides is 1. The molecule has 6 nitrogen and oxygen atoms in total. The highest BCUT2D eigenvalue weighted by Crippen LogP contribution is 2.31. The van der Waals surface area contributed by atoms with Crippen molar-refractivity contribution in [3.63, 3.8) is 0 Å². The Morgan fingerprint density at radius 1 is 1.16 bits per heavy atom. The molecule has 2 atom stereocenters. The molecule has 0 radical (unpaired) electrons. The van der Waals surface area contributed by atoms with Crippen LogP contribution in [0.5, 0.6) is 11.5 Å². The fraction of sp³-hybridized carbons (Fsp3) is 0.222. The molecule has 1 aliphatic rings. The monoisotopic (exact) mass is 361 g/mol. The van der Waals surface area contributed by atoms with Crippen LogP contribution < -0.4 is 14.8 Å². The Balaban J connectivity index is 1.55. The van der Waals surface area contributed by atoms with Gasteiger partial charge in [0.25, 0.3) is 5.91 Å². The van der Waals surface area contributed by atoms with Crippen molar-refractivity contribution in [2.75, 3.05) is 11.9 Å². The van der Waals surface area contributed by atoms with Gasteiger partial charge in [0.1, 0.15) is 6.61 Å². The van der Waals surface area contributed by atoms with Crippen LogP contribution in [0.3, 0.4) is 0 Å². The predicted molar refractivity (Wildman–Crippen MR) is 92.0 cm³/mol. The van der Waals surface area contributed by atoms with Crippen molar-refractivity contribution in [2.24, 2.45) is 0 Å². The molecule has 0 spiro atoms. The van der Waals surface area contributed by atoms with Crippen LogP contribution in [-0.2, 0) is 14.3 Å². The summed E-state index contributed by atoms with van der Waals surface area (Å²) < 4.78 is 16.2. The van der Waals surface area contributed by atoms with Gasteiger partial charge in [0.05, 0.1) is 0 Å². The number of hydrogen-bond donors (Lipinski definition) is 1. The summed E-state index contributed by atoms with van der Waals surface area (Å²) in [6.45, 7) is 1.52. The summed E-state index contributed by atoms with van der Waals surface area (Å²) in [5.74, 6) is -0.0740. The van der Waals surface area contributed by atoms with Crippen molar-refractivity contribution in [3.05, 3.63) is 53.6 Å². The number of esters is 1. The van der Waals surface area contributed by atoms with Crippen molar-refractivity contribution >= 4 is 29.2 Å². The maximum absolute atomic E-state index is 12.2. The molecule has 2 aromatic carbocycles. The van der Waals surface area contributed by atoms with E-state index in [9.17, 15) is 9.59 Å². The summed E-state index contributed by atoms with van der Waals surface area (Å²) in [5, 5.41) is 3.21. The first kappa shape index (κ1) is 17.1. The van der Waals surface area contributed by atoms with Crippen LogP contribution in [0.15, 0.2) is 48.5 Å². The van der Waals surface area contributed by atoms with Gasteiger partial charge in [-0.25, -0.2) is 4.79 Å². The van der Waals surface area contributed by atoms with Gasteiger partial charge in [-0.1, -0.05) is 23.7 Å². The summed E-state index contributed by atoms with van der Waals surface area (Å²) in [6, 6.07) is 13.7. The standard InChI is InChI=1S/C18H16ClNO5/c1-11(17(21)20-13-8-6-12(19)7-9-13)24-18(22)16-10-23-14-4-2-3-5-15(14)25-16/h2-9,11,16H,10H2,1H3,(H,20,21)/t11-,16+/m0/s1. The fourth-order valence-electron chi connectivity index (χ4n) is 2.22. The van der Waals surface area contributed by atoms with Crippen molar-refractivity contribution in [1.82, 2.24) is 0 Å². The van der Waals surface area contributed by atoms with Gasteiger partial charge in [-0.3, -0.25) is 4.79 Å². The van der Waals surface area contributed by atoms with Crippen molar-refractivity contribution in [1.29, 1.82) is 0 Å². The smallest absolute Gasteiger partial charge is 0.351 e. The molecular formula is C18H16ClNO5. The number of carbonyl (C=O) groups excluding carboxylic acids is 2. The van der Waals surface area contributed by atoms with Crippen LogP contribution in [0.25, 0.3) is 0 Å². The highest BCUT2D eigenvalue weighted by molar-refractivity contribution is 6.30. The topological polar surface area (TPSA) is 73.9 Å². The first-order valence-electron chi connectivity index (χ1n) is 7.68. The first-order chi connectivity index (χ1) is 12.0. The van der Waals surface area contributed by atoms with Gasteiger partial charge >= 0.3 is 5.97 Å².